The minimum Gasteiger partial charge on any atom is -0.299 e. The summed E-state index contributed by atoms with van der Waals surface area (Å²) in [6.45, 7) is 2.71. The van der Waals surface area contributed by atoms with Gasteiger partial charge in [-0.25, -0.2) is 9.78 Å². The van der Waals surface area contributed by atoms with Gasteiger partial charge in [0, 0.05) is 19.8 Å². The molecule has 0 N–H and O–H groups in total. The first kappa shape index (κ1) is 14.0. The zero-order valence-corrected chi connectivity index (χ0v) is 12.9. The molecule has 2 aromatic heterocycles. The lowest BCUT2D eigenvalue weighted by molar-refractivity contribution is 0.546. The van der Waals surface area contributed by atoms with Crippen LogP contribution >= 0.6 is 22.6 Å². The van der Waals surface area contributed by atoms with E-state index in [0.29, 0.717) is 15.9 Å². The molecule has 0 aliphatic rings. The van der Waals surface area contributed by atoms with E-state index in [9.17, 15) is 9.59 Å². The zero-order valence-electron chi connectivity index (χ0n) is 10.7. The molecule has 102 valence electrons. The third kappa shape index (κ3) is 2.77. The van der Waals surface area contributed by atoms with E-state index in [1.54, 1.807) is 22.5 Å². The van der Waals surface area contributed by atoms with E-state index < -0.39 is 0 Å². The summed E-state index contributed by atoms with van der Waals surface area (Å²) in [5.41, 5.74) is -0.601. The van der Waals surface area contributed by atoms with Gasteiger partial charge < -0.3 is 0 Å². The normalized spacial score (nSPS) is 10.9. The summed E-state index contributed by atoms with van der Waals surface area (Å²) in [6.07, 6.45) is 3.83. The molecule has 8 heteroatoms. The van der Waals surface area contributed by atoms with Crippen molar-refractivity contribution in [1.29, 1.82) is 0 Å². The smallest absolute Gasteiger partial charge is 0.299 e. The second-order valence-electron chi connectivity index (χ2n) is 4.14. The average Bonchev–Trinajstić information content (AvgIpc) is 2.77. The van der Waals surface area contributed by atoms with Crippen LogP contribution in [0.25, 0.3) is 0 Å². The quantitative estimate of drug-likeness (QED) is 0.716. The van der Waals surface area contributed by atoms with E-state index in [2.05, 4.69) is 10.1 Å². The third-order valence-corrected chi connectivity index (χ3v) is 3.50. The fourth-order valence-electron chi connectivity index (χ4n) is 1.76. The number of hydrogen-bond donors (Lipinski definition) is 0. The molecular formula is C11H14IN5O2. The first-order valence-corrected chi connectivity index (χ1v) is 6.95. The highest BCUT2D eigenvalue weighted by atomic mass is 127. The van der Waals surface area contributed by atoms with Crippen molar-refractivity contribution in [3.05, 3.63) is 42.8 Å². The van der Waals surface area contributed by atoms with Crippen molar-refractivity contribution in [3.8, 4) is 0 Å². The van der Waals surface area contributed by atoms with E-state index in [1.165, 1.54) is 10.9 Å². The number of halogens is 1. The second-order valence-corrected chi connectivity index (χ2v) is 5.31. The van der Waals surface area contributed by atoms with Crippen molar-refractivity contribution in [1.82, 2.24) is 23.9 Å². The molecule has 0 aliphatic carbocycles. The van der Waals surface area contributed by atoms with E-state index in [-0.39, 0.29) is 17.8 Å². The minimum atomic E-state index is -0.310. The Kier molecular flexibility index (Phi) is 4.17. The molecule has 0 unspecified atom stereocenters. The van der Waals surface area contributed by atoms with Crippen molar-refractivity contribution in [2.45, 2.75) is 26.4 Å². The summed E-state index contributed by atoms with van der Waals surface area (Å²) < 4.78 is 4.82. The van der Waals surface area contributed by atoms with Crippen molar-refractivity contribution < 1.29 is 0 Å². The number of hydrogen-bond acceptors (Lipinski definition) is 4. The zero-order chi connectivity index (χ0) is 14.0. The molecule has 0 fully saturated rings. The molecule has 7 nitrogen and oxygen atoms in total. The standard InChI is InChI=1S/C11H14IN5O2/c1-3-4-16-5-8(12)10(18)17(11(16)19)6-9-13-7-14-15(9)2/h5,7H,3-4,6H2,1-2H3. The van der Waals surface area contributed by atoms with Crippen LogP contribution in [-0.2, 0) is 20.1 Å². The van der Waals surface area contributed by atoms with Crippen molar-refractivity contribution >= 4 is 22.6 Å². The Morgan fingerprint density at radius 3 is 2.68 bits per heavy atom. The summed E-state index contributed by atoms with van der Waals surface area (Å²) >= 11 is 1.95. The highest BCUT2D eigenvalue weighted by Crippen LogP contribution is 1.98. The first-order chi connectivity index (χ1) is 9.04. The molecular weight excluding hydrogens is 361 g/mol. The average molecular weight is 375 g/mol. The maximum absolute atomic E-state index is 12.2. The monoisotopic (exact) mass is 375 g/mol. The van der Waals surface area contributed by atoms with Gasteiger partial charge in [-0.05, 0) is 29.0 Å². The van der Waals surface area contributed by atoms with E-state index in [4.69, 9.17) is 0 Å². The van der Waals surface area contributed by atoms with E-state index >= 15 is 0 Å². The molecule has 0 bridgehead atoms. The topological polar surface area (TPSA) is 74.7 Å². The SMILES string of the molecule is CCCn1cc(I)c(=O)n(Cc2ncnn2C)c1=O. The Bertz CT molecular complexity index is 700. The molecule has 19 heavy (non-hydrogen) atoms. The van der Waals surface area contributed by atoms with Crippen molar-refractivity contribution in [2.75, 3.05) is 0 Å². The summed E-state index contributed by atoms with van der Waals surface area (Å²) in [7, 11) is 1.73. The van der Waals surface area contributed by atoms with Gasteiger partial charge in [0.05, 0.1) is 10.1 Å². The Hall–Kier alpha value is -1.45. The largest absolute Gasteiger partial charge is 0.331 e. The van der Waals surface area contributed by atoms with Gasteiger partial charge in [-0.1, -0.05) is 6.92 Å². The molecule has 0 saturated heterocycles. The van der Waals surface area contributed by atoms with Gasteiger partial charge in [0.15, 0.2) is 0 Å². The van der Waals surface area contributed by atoms with Crippen LogP contribution in [0, 0.1) is 3.57 Å². The van der Waals surface area contributed by atoms with Crippen LogP contribution in [0.1, 0.15) is 19.2 Å². The predicted octanol–water partition coefficient (Wildman–Crippen LogP) is 0.201. The van der Waals surface area contributed by atoms with E-state index in [0.717, 1.165) is 6.42 Å². The lowest BCUT2D eigenvalue weighted by atomic mass is 10.4. The van der Waals surface area contributed by atoms with Crippen LogP contribution < -0.4 is 11.2 Å². The van der Waals surface area contributed by atoms with Gasteiger partial charge in [0.25, 0.3) is 5.56 Å². The molecule has 2 rings (SSSR count). The Labute approximate surface area is 123 Å². The van der Waals surface area contributed by atoms with Gasteiger partial charge in [-0.15, -0.1) is 0 Å². The Morgan fingerprint density at radius 2 is 2.11 bits per heavy atom. The van der Waals surface area contributed by atoms with Gasteiger partial charge in [-0.2, -0.15) is 5.10 Å². The van der Waals surface area contributed by atoms with Crippen LogP contribution in [0.3, 0.4) is 0 Å². The molecule has 0 aliphatic heterocycles. The Balaban J connectivity index is 2.53. The van der Waals surface area contributed by atoms with E-state index in [1.807, 2.05) is 29.5 Å². The van der Waals surface area contributed by atoms with Gasteiger partial charge in [0.2, 0.25) is 0 Å². The van der Waals surface area contributed by atoms with Gasteiger partial charge >= 0.3 is 5.69 Å². The van der Waals surface area contributed by atoms with Crippen LogP contribution in [-0.4, -0.2) is 23.9 Å². The summed E-state index contributed by atoms with van der Waals surface area (Å²) in [5.74, 6) is 0.573. The minimum absolute atomic E-state index is 0.134. The Morgan fingerprint density at radius 1 is 1.37 bits per heavy atom. The fourth-order valence-corrected chi connectivity index (χ4v) is 2.39. The lowest BCUT2D eigenvalue weighted by Crippen LogP contribution is -2.41. The first-order valence-electron chi connectivity index (χ1n) is 5.87. The highest BCUT2D eigenvalue weighted by molar-refractivity contribution is 14.1. The molecule has 0 radical (unpaired) electrons. The number of aromatic nitrogens is 5. The fraction of sp³-hybridized carbons (Fsp3) is 0.455. The molecule has 0 atom stereocenters. The van der Waals surface area contributed by atoms with Crippen molar-refractivity contribution in [3.63, 3.8) is 0 Å². The summed E-state index contributed by atoms with van der Waals surface area (Å²) in [5, 5.41) is 3.93. The molecule has 2 heterocycles. The van der Waals surface area contributed by atoms with Crippen LogP contribution in [0.4, 0.5) is 0 Å². The van der Waals surface area contributed by atoms with Crippen LogP contribution in [0.5, 0.6) is 0 Å². The molecule has 2 aromatic rings. The molecule has 0 aromatic carbocycles. The molecule has 0 amide bonds. The molecule has 0 spiro atoms. The van der Waals surface area contributed by atoms with Crippen LogP contribution in [0.15, 0.2) is 22.1 Å². The predicted molar refractivity (Wildman–Crippen MR) is 78.1 cm³/mol. The third-order valence-electron chi connectivity index (χ3n) is 2.76. The van der Waals surface area contributed by atoms with Crippen molar-refractivity contribution in [2.24, 2.45) is 7.05 Å². The summed E-state index contributed by atoms with van der Waals surface area (Å²) in [4.78, 5) is 28.3. The van der Waals surface area contributed by atoms with Gasteiger partial charge in [0.1, 0.15) is 12.2 Å². The van der Waals surface area contributed by atoms with Crippen LogP contribution in [0.2, 0.25) is 0 Å². The van der Waals surface area contributed by atoms with Gasteiger partial charge in [-0.3, -0.25) is 18.6 Å². The molecule has 0 saturated carbocycles. The number of aryl methyl sites for hydroxylation is 2. The highest BCUT2D eigenvalue weighted by Gasteiger charge is 2.12. The number of nitrogens with zero attached hydrogens (tertiary/aromatic N) is 5. The lowest BCUT2D eigenvalue weighted by Gasteiger charge is -2.09. The number of rotatable bonds is 4. The maximum atomic E-state index is 12.2. The maximum Gasteiger partial charge on any atom is 0.331 e. The second kappa shape index (κ2) is 5.68. The summed E-state index contributed by atoms with van der Waals surface area (Å²) in [6, 6.07) is 0.